The molecule has 1 aromatic heterocycles. The summed E-state index contributed by atoms with van der Waals surface area (Å²) in [7, 11) is 0. The average molecular weight is 266 g/mol. The van der Waals surface area contributed by atoms with Crippen LogP contribution < -0.4 is 5.56 Å². The lowest BCUT2D eigenvalue weighted by atomic mass is 10.2. The molecule has 1 aliphatic rings. The highest BCUT2D eigenvalue weighted by Gasteiger charge is 2.32. The van der Waals surface area contributed by atoms with E-state index in [1.54, 1.807) is 0 Å². The highest BCUT2D eigenvalue weighted by atomic mass is 19.1. The van der Waals surface area contributed by atoms with E-state index in [0.717, 1.165) is 35.7 Å². The van der Waals surface area contributed by atoms with Crippen molar-refractivity contribution in [1.29, 1.82) is 0 Å². The molecule has 1 aliphatic carbocycles. The van der Waals surface area contributed by atoms with Gasteiger partial charge >= 0.3 is 0 Å². The molecule has 4 nitrogen and oxygen atoms in total. The summed E-state index contributed by atoms with van der Waals surface area (Å²) in [6.45, 7) is 4.71. The average Bonchev–Trinajstić information content (AvgIpc) is 3.14. The molecule has 104 valence electrons. The van der Waals surface area contributed by atoms with Crippen LogP contribution in [0.3, 0.4) is 0 Å². The van der Waals surface area contributed by atoms with Crippen molar-refractivity contribution in [3.8, 4) is 0 Å². The van der Waals surface area contributed by atoms with Crippen molar-refractivity contribution < 1.29 is 9.18 Å². The summed E-state index contributed by atoms with van der Waals surface area (Å²) in [6, 6.07) is 2.56. The Balaban J connectivity index is 2.10. The lowest BCUT2D eigenvalue weighted by Crippen LogP contribution is -2.40. The third-order valence-corrected chi connectivity index (χ3v) is 3.12. The number of amides is 1. The van der Waals surface area contributed by atoms with Gasteiger partial charge < -0.3 is 9.47 Å². The SMILES string of the molecule is CC(C)CN(C(=O)Cn1cc(F)ccc1=O)C1CC1. The minimum atomic E-state index is -0.505. The highest BCUT2D eigenvalue weighted by Crippen LogP contribution is 2.27. The smallest absolute Gasteiger partial charge is 0.251 e. The van der Waals surface area contributed by atoms with Crippen LogP contribution in [0.2, 0.25) is 0 Å². The summed E-state index contributed by atoms with van der Waals surface area (Å²) < 4.78 is 14.2. The molecule has 0 bridgehead atoms. The second-order valence-electron chi connectivity index (χ2n) is 5.48. The molecule has 1 heterocycles. The fourth-order valence-corrected chi connectivity index (χ4v) is 2.10. The van der Waals surface area contributed by atoms with Gasteiger partial charge in [0.2, 0.25) is 5.91 Å². The Hall–Kier alpha value is -1.65. The molecule has 19 heavy (non-hydrogen) atoms. The number of hydrogen-bond acceptors (Lipinski definition) is 2. The van der Waals surface area contributed by atoms with Crippen LogP contribution in [0.4, 0.5) is 4.39 Å². The van der Waals surface area contributed by atoms with Gasteiger partial charge in [-0.2, -0.15) is 0 Å². The third-order valence-electron chi connectivity index (χ3n) is 3.12. The number of rotatable bonds is 5. The summed E-state index contributed by atoms with van der Waals surface area (Å²) in [6.07, 6.45) is 3.13. The molecule has 2 rings (SSSR count). The van der Waals surface area contributed by atoms with Crippen LogP contribution in [-0.2, 0) is 11.3 Å². The van der Waals surface area contributed by atoms with Crippen molar-refractivity contribution in [2.75, 3.05) is 6.54 Å². The molecule has 1 saturated carbocycles. The van der Waals surface area contributed by atoms with Gasteiger partial charge in [-0.25, -0.2) is 4.39 Å². The molecule has 0 aliphatic heterocycles. The molecule has 0 N–H and O–H groups in total. The second kappa shape index (κ2) is 5.55. The zero-order valence-corrected chi connectivity index (χ0v) is 11.3. The van der Waals surface area contributed by atoms with Crippen LogP contribution in [0.15, 0.2) is 23.1 Å². The van der Waals surface area contributed by atoms with Gasteiger partial charge in [-0.1, -0.05) is 13.8 Å². The quantitative estimate of drug-likeness (QED) is 0.813. The maximum atomic E-state index is 13.1. The minimum Gasteiger partial charge on any atom is -0.338 e. The zero-order chi connectivity index (χ0) is 14.0. The van der Waals surface area contributed by atoms with Crippen LogP contribution in [0.5, 0.6) is 0 Å². The van der Waals surface area contributed by atoms with Crippen molar-refractivity contribution in [2.24, 2.45) is 5.92 Å². The van der Waals surface area contributed by atoms with E-state index in [1.165, 1.54) is 0 Å². The molecule has 0 unspecified atom stereocenters. The van der Waals surface area contributed by atoms with Gasteiger partial charge in [-0.05, 0) is 24.8 Å². The molecule has 1 fully saturated rings. The predicted molar refractivity (Wildman–Crippen MR) is 70.2 cm³/mol. The van der Waals surface area contributed by atoms with Gasteiger partial charge in [0, 0.05) is 24.8 Å². The Morgan fingerprint density at radius 3 is 2.74 bits per heavy atom. The first kappa shape index (κ1) is 13.8. The molecule has 5 heteroatoms. The molecule has 0 spiro atoms. The predicted octanol–water partition coefficient (Wildman–Crippen LogP) is 1.63. The molecular weight excluding hydrogens is 247 g/mol. The van der Waals surface area contributed by atoms with E-state index in [2.05, 4.69) is 13.8 Å². The molecular formula is C14H19FN2O2. The van der Waals surface area contributed by atoms with Crippen LogP contribution in [-0.4, -0.2) is 28.0 Å². The van der Waals surface area contributed by atoms with Crippen LogP contribution in [0.1, 0.15) is 26.7 Å². The number of nitrogens with zero attached hydrogens (tertiary/aromatic N) is 2. The number of halogens is 1. The minimum absolute atomic E-state index is 0.0835. The Morgan fingerprint density at radius 1 is 1.47 bits per heavy atom. The zero-order valence-electron chi connectivity index (χ0n) is 11.3. The number of pyridine rings is 1. The standard InChI is InChI=1S/C14H19FN2O2/c1-10(2)7-17(12-4-5-12)14(19)9-16-8-11(15)3-6-13(16)18/h3,6,8,10,12H,4-5,7,9H2,1-2H3. The fraction of sp³-hybridized carbons (Fsp3) is 0.571. The molecule has 0 saturated heterocycles. The van der Waals surface area contributed by atoms with Crippen molar-refractivity contribution in [3.63, 3.8) is 0 Å². The first-order valence-electron chi connectivity index (χ1n) is 6.63. The van der Waals surface area contributed by atoms with Gasteiger partial charge in [-0.15, -0.1) is 0 Å². The maximum Gasteiger partial charge on any atom is 0.251 e. The number of carbonyl (C=O) groups is 1. The Morgan fingerprint density at radius 2 is 2.16 bits per heavy atom. The van der Waals surface area contributed by atoms with E-state index in [-0.39, 0.29) is 18.0 Å². The largest absolute Gasteiger partial charge is 0.338 e. The molecule has 0 atom stereocenters. The Kier molecular flexibility index (Phi) is 4.02. The second-order valence-corrected chi connectivity index (χ2v) is 5.48. The summed E-state index contributed by atoms with van der Waals surface area (Å²) >= 11 is 0. The maximum absolute atomic E-state index is 13.1. The monoisotopic (exact) mass is 266 g/mol. The van der Waals surface area contributed by atoms with E-state index >= 15 is 0 Å². The number of aromatic nitrogens is 1. The summed E-state index contributed by atoms with van der Waals surface area (Å²) in [5, 5.41) is 0. The fourth-order valence-electron chi connectivity index (χ4n) is 2.10. The molecule has 0 aromatic carbocycles. The summed E-state index contributed by atoms with van der Waals surface area (Å²) in [5.74, 6) is -0.230. The van der Waals surface area contributed by atoms with Gasteiger partial charge in [0.25, 0.3) is 5.56 Å². The lowest BCUT2D eigenvalue weighted by molar-refractivity contribution is -0.133. The molecule has 1 amide bonds. The molecule has 0 radical (unpaired) electrons. The van der Waals surface area contributed by atoms with E-state index < -0.39 is 5.82 Å². The normalized spacial score (nSPS) is 14.7. The van der Waals surface area contributed by atoms with Crippen LogP contribution in [0, 0.1) is 11.7 Å². The van der Waals surface area contributed by atoms with Crippen LogP contribution in [0.25, 0.3) is 0 Å². The van der Waals surface area contributed by atoms with Crippen LogP contribution >= 0.6 is 0 Å². The lowest BCUT2D eigenvalue weighted by Gasteiger charge is -2.24. The summed E-state index contributed by atoms with van der Waals surface area (Å²) in [4.78, 5) is 25.6. The highest BCUT2D eigenvalue weighted by molar-refractivity contribution is 5.76. The van der Waals surface area contributed by atoms with Gasteiger partial charge in [0.15, 0.2) is 0 Å². The van der Waals surface area contributed by atoms with Crippen molar-refractivity contribution in [2.45, 2.75) is 39.3 Å². The van der Waals surface area contributed by atoms with Crippen molar-refractivity contribution in [1.82, 2.24) is 9.47 Å². The molecule has 1 aromatic rings. The number of hydrogen-bond donors (Lipinski definition) is 0. The van der Waals surface area contributed by atoms with Gasteiger partial charge in [0.1, 0.15) is 12.4 Å². The van der Waals surface area contributed by atoms with Crippen molar-refractivity contribution in [3.05, 3.63) is 34.5 Å². The topological polar surface area (TPSA) is 42.3 Å². The first-order chi connectivity index (χ1) is 8.97. The number of carbonyl (C=O) groups excluding carboxylic acids is 1. The first-order valence-corrected chi connectivity index (χ1v) is 6.63. The van der Waals surface area contributed by atoms with E-state index in [4.69, 9.17) is 0 Å². The van der Waals surface area contributed by atoms with Gasteiger partial charge in [-0.3, -0.25) is 9.59 Å². The van der Waals surface area contributed by atoms with E-state index in [9.17, 15) is 14.0 Å². The summed E-state index contributed by atoms with van der Waals surface area (Å²) in [5.41, 5.74) is -0.352. The van der Waals surface area contributed by atoms with Crippen molar-refractivity contribution >= 4 is 5.91 Å². The van der Waals surface area contributed by atoms with E-state index in [0.29, 0.717) is 18.5 Å². The Labute approximate surface area is 111 Å². The van der Waals surface area contributed by atoms with E-state index in [1.807, 2.05) is 4.90 Å². The third kappa shape index (κ3) is 3.66. The Bertz CT molecular complexity index is 520. The van der Waals surface area contributed by atoms with Gasteiger partial charge in [0.05, 0.1) is 0 Å².